The molecule has 0 aromatic heterocycles. The average Bonchev–Trinajstić information content (AvgIpc) is 2.08. The number of carbonyl (C=O) groups is 1. The highest BCUT2D eigenvalue weighted by Crippen LogP contribution is 1.67. The monoisotopic (exact) mass is 162 g/mol. The summed E-state index contributed by atoms with van der Waals surface area (Å²) in [5.74, 6) is 0. The highest BCUT2D eigenvalue weighted by atomic mass is 16.5. The number of aldehydes is 1. The zero-order valence-electron chi connectivity index (χ0n) is 7.30. The second-order valence-corrected chi connectivity index (χ2v) is 1.70. The molecule has 0 aromatic carbocycles. The van der Waals surface area contributed by atoms with Crippen molar-refractivity contribution < 1.29 is 9.53 Å². The molecule has 3 N–H and O–H groups in total. The minimum atomic E-state index is 0.587. The minimum Gasteiger partial charge on any atom is -0.383 e. The second kappa shape index (κ2) is 16.3. The molecule has 0 aliphatic rings. The van der Waals surface area contributed by atoms with E-state index in [1.54, 1.807) is 7.11 Å². The van der Waals surface area contributed by atoms with Crippen molar-refractivity contribution in [2.45, 2.75) is 6.42 Å². The lowest BCUT2D eigenvalue weighted by Crippen LogP contribution is -2.20. The topological polar surface area (TPSA) is 64.3 Å². The number of methoxy groups -OCH3 is 1. The zero-order chi connectivity index (χ0) is 8.95. The van der Waals surface area contributed by atoms with Gasteiger partial charge < -0.3 is 20.6 Å². The molecule has 0 aromatic rings. The van der Waals surface area contributed by atoms with Crippen LogP contribution in [-0.2, 0) is 9.53 Å². The van der Waals surface area contributed by atoms with E-state index in [2.05, 4.69) is 11.1 Å². The van der Waals surface area contributed by atoms with Gasteiger partial charge in [0.15, 0.2) is 0 Å². The molecule has 4 nitrogen and oxygen atoms in total. The Morgan fingerprint density at radius 1 is 1.45 bits per heavy atom. The molecule has 0 saturated carbocycles. The van der Waals surface area contributed by atoms with E-state index in [1.807, 2.05) is 0 Å². The Hall–Kier alpha value is -0.450. The van der Waals surface area contributed by atoms with Gasteiger partial charge in [0.1, 0.15) is 6.29 Å². The van der Waals surface area contributed by atoms with Crippen molar-refractivity contribution in [1.29, 1.82) is 0 Å². The van der Waals surface area contributed by atoms with Crippen LogP contribution in [0.1, 0.15) is 6.42 Å². The molecule has 0 spiro atoms. The van der Waals surface area contributed by atoms with Crippen molar-refractivity contribution in [2.24, 2.45) is 5.73 Å². The summed E-state index contributed by atoms with van der Waals surface area (Å²) < 4.78 is 4.77. The van der Waals surface area contributed by atoms with Crippen LogP contribution in [0.15, 0.2) is 0 Å². The Kier molecular flexibility index (Phi) is 19.5. The number of hydrogen-bond donors (Lipinski definition) is 2. The Labute approximate surface area is 68.1 Å². The smallest absolute Gasteiger partial charge is 0.121 e. The fourth-order valence-corrected chi connectivity index (χ4v) is 0.460. The summed E-state index contributed by atoms with van der Waals surface area (Å²) in [5.41, 5.74) is 4.50. The molecule has 68 valence electrons. The molecule has 0 saturated heterocycles. The number of nitrogens with two attached hydrogens (primary N) is 1. The van der Waals surface area contributed by atoms with Crippen molar-refractivity contribution in [1.82, 2.24) is 5.32 Å². The van der Waals surface area contributed by atoms with Gasteiger partial charge in [-0.15, -0.1) is 0 Å². The van der Waals surface area contributed by atoms with E-state index < -0.39 is 0 Å². The highest BCUT2D eigenvalue weighted by Gasteiger charge is 1.83. The molecule has 11 heavy (non-hydrogen) atoms. The first-order chi connectivity index (χ1) is 5.41. The molecule has 0 unspecified atom stereocenters. The van der Waals surface area contributed by atoms with Gasteiger partial charge in [-0.3, -0.25) is 0 Å². The van der Waals surface area contributed by atoms with Gasteiger partial charge in [-0.05, 0) is 7.05 Å². The van der Waals surface area contributed by atoms with Crippen LogP contribution in [0.4, 0.5) is 0 Å². The first kappa shape index (κ1) is 13.2. The lowest BCUT2D eigenvalue weighted by molar-refractivity contribution is -0.107. The normalized spacial score (nSPS) is 8.27. The molecule has 0 aliphatic carbocycles. The van der Waals surface area contributed by atoms with Gasteiger partial charge in [0, 0.05) is 26.6 Å². The Balaban J connectivity index is 0. The van der Waals surface area contributed by atoms with E-state index >= 15 is 0 Å². The zero-order valence-corrected chi connectivity index (χ0v) is 7.30. The predicted octanol–water partition coefficient (Wildman–Crippen LogP) is -0.614. The summed E-state index contributed by atoms with van der Waals surface area (Å²) in [6.07, 6.45) is 1.49. The summed E-state index contributed by atoms with van der Waals surface area (Å²) in [6, 6.07) is 0. The fourth-order valence-electron chi connectivity index (χ4n) is 0.460. The molecule has 0 heterocycles. The molecule has 4 heteroatoms. The Morgan fingerprint density at radius 2 is 2.09 bits per heavy atom. The molecule has 0 aliphatic heterocycles. The number of carbonyl (C=O) groups excluding carboxylic acids is 1. The van der Waals surface area contributed by atoms with Crippen LogP contribution in [0.5, 0.6) is 0 Å². The summed E-state index contributed by atoms with van der Waals surface area (Å²) in [4.78, 5) is 9.77. The second-order valence-electron chi connectivity index (χ2n) is 1.70. The van der Waals surface area contributed by atoms with Crippen LogP contribution in [0, 0.1) is 0 Å². The van der Waals surface area contributed by atoms with Crippen LogP contribution in [0.2, 0.25) is 0 Å². The van der Waals surface area contributed by atoms with Gasteiger partial charge in [0.05, 0.1) is 6.61 Å². The molecule has 0 bridgehead atoms. The largest absolute Gasteiger partial charge is 0.383 e. The van der Waals surface area contributed by atoms with Gasteiger partial charge in [-0.1, -0.05) is 0 Å². The van der Waals surface area contributed by atoms with Gasteiger partial charge in [0.2, 0.25) is 0 Å². The van der Waals surface area contributed by atoms with Crippen molar-refractivity contribution >= 4 is 6.29 Å². The summed E-state index contributed by atoms with van der Waals surface area (Å²) in [7, 11) is 3.15. The summed E-state index contributed by atoms with van der Waals surface area (Å²) in [6.45, 7) is 2.29. The SMILES string of the molecule is CN.COCCNCCC=O. The van der Waals surface area contributed by atoms with E-state index in [9.17, 15) is 4.79 Å². The van der Waals surface area contributed by atoms with E-state index in [4.69, 9.17) is 4.74 Å². The van der Waals surface area contributed by atoms with Crippen molar-refractivity contribution in [3.8, 4) is 0 Å². The van der Waals surface area contributed by atoms with Gasteiger partial charge in [-0.25, -0.2) is 0 Å². The maximum Gasteiger partial charge on any atom is 0.121 e. The maximum absolute atomic E-state index is 9.77. The Morgan fingerprint density at radius 3 is 2.55 bits per heavy atom. The standard InChI is InChI=1S/C6H13NO2.CH5N/c1-9-6-4-7-3-2-5-8;1-2/h5,7H,2-4,6H2,1H3;2H2,1H3. The summed E-state index contributed by atoms with van der Waals surface area (Å²) in [5, 5.41) is 3.03. The van der Waals surface area contributed by atoms with Crippen molar-refractivity contribution in [2.75, 3.05) is 33.9 Å². The van der Waals surface area contributed by atoms with Crippen LogP contribution in [0.3, 0.4) is 0 Å². The lowest BCUT2D eigenvalue weighted by atomic mass is 10.5. The van der Waals surface area contributed by atoms with Crippen LogP contribution < -0.4 is 11.1 Å². The molecule has 0 atom stereocenters. The third-order valence-electron chi connectivity index (χ3n) is 0.922. The third-order valence-corrected chi connectivity index (χ3v) is 0.922. The fraction of sp³-hybridized carbons (Fsp3) is 0.857. The van der Waals surface area contributed by atoms with Gasteiger partial charge in [-0.2, -0.15) is 0 Å². The van der Waals surface area contributed by atoms with Crippen LogP contribution >= 0.6 is 0 Å². The predicted molar refractivity (Wildman–Crippen MR) is 45.5 cm³/mol. The number of hydrogen-bond acceptors (Lipinski definition) is 4. The molecule has 0 amide bonds. The minimum absolute atomic E-state index is 0.587. The average molecular weight is 162 g/mol. The quantitative estimate of drug-likeness (QED) is 0.404. The van der Waals surface area contributed by atoms with Crippen molar-refractivity contribution in [3.05, 3.63) is 0 Å². The molecule has 0 rings (SSSR count). The van der Waals surface area contributed by atoms with E-state index in [0.29, 0.717) is 13.0 Å². The van der Waals surface area contributed by atoms with E-state index in [0.717, 1.165) is 19.4 Å². The number of rotatable bonds is 6. The molecule has 0 radical (unpaired) electrons. The van der Waals surface area contributed by atoms with E-state index in [1.165, 1.54) is 7.05 Å². The number of ether oxygens (including phenoxy) is 1. The first-order valence-electron chi connectivity index (χ1n) is 3.63. The van der Waals surface area contributed by atoms with Gasteiger partial charge >= 0.3 is 0 Å². The molecule has 0 fully saturated rings. The van der Waals surface area contributed by atoms with Gasteiger partial charge in [0.25, 0.3) is 0 Å². The lowest BCUT2D eigenvalue weighted by Gasteiger charge is -1.98. The summed E-state index contributed by atoms with van der Waals surface area (Å²) >= 11 is 0. The maximum atomic E-state index is 9.77. The molecular weight excluding hydrogens is 144 g/mol. The third kappa shape index (κ3) is 17.7. The molecular formula is C7H18N2O2. The van der Waals surface area contributed by atoms with Crippen LogP contribution in [0.25, 0.3) is 0 Å². The first-order valence-corrected chi connectivity index (χ1v) is 3.63. The van der Waals surface area contributed by atoms with Crippen molar-refractivity contribution in [3.63, 3.8) is 0 Å². The van der Waals surface area contributed by atoms with Crippen LogP contribution in [-0.4, -0.2) is 40.1 Å². The highest BCUT2D eigenvalue weighted by molar-refractivity contribution is 5.49. The van der Waals surface area contributed by atoms with E-state index in [-0.39, 0.29) is 0 Å². The Bertz CT molecular complexity index is 69.5. The number of nitrogens with one attached hydrogen (secondary N) is 1.